The Morgan fingerprint density at radius 2 is 1.95 bits per heavy atom. The molecule has 1 heterocycles. The maximum absolute atomic E-state index is 6.38. The largest absolute Gasteiger partial charge is 0.493 e. The van der Waals surface area contributed by atoms with Gasteiger partial charge in [-0.05, 0) is 44.6 Å². The van der Waals surface area contributed by atoms with Crippen molar-refractivity contribution in [1.82, 2.24) is 10.2 Å². The number of methoxy groups -OCH3 is 2. The van der Waals surface area contributed by atoms with Gasteiger partial charge in [0.1, 0.15) is 0 Å². The molecule has 1 saturated heterocycles. The maximum Gasteiger partial charge on any atom is 0.179 e. The molecule has 0 bridgehead atoms. The molecule has 112 valence electrons. The van der Waals surface area contributed by atoms with Crippen LogP contribution in [0.15, 0.2) is 12.1 Å². The summed E-state index contributed by atoms with van der Waals surface area (Å²) in [6.07, 6.45) is 2.36. The van der Waals surface area contributed by atoms with Crippen molar-refractivity contribution in [2.24, 2.45) is 0 Å². The van der Waals surface area contributed by atoms with Crippen LogP contribution in [-0.4, -0.2) is 45.3 Å². The number of benzene rings is 1. The van der Waals surface area contributed by atoms with Crippen molar-refractivity contribution in [1.29, 1.82) is 0 Å². The number of hydrogen-bond acceptors (Lipinski definition) is 4. The predicted octanol–water partition coefficient (Wildman–Crippen LogP) is 2.54. The van der Waals surface area contributed by atoms with Gasteiger partial charge >= 0.3 is 0 Å². The van der Waals surface area contributed by atoms with Crippen LogP contribution in [0.4, 0.5) is 0 Å². The van der Waals surface area contributed by atoms with Gasteiger partial charge in [-0.1, -0.05) is 17.7 Å². The minimum absolute atomic E-state index is 0.565. The predicted molar refractivity (Wildman–Crippen MR) is 81.9 cm³/mol. The van der Waals surface area contributed by atoms with E-state index >= 15 is 0 Å². The van der Waals surface area contributed by atoms with Gasteiger partial charge in [-0.2, -0.15) is 0 Å². The quantitative estimate of drug-likeness (QED) is 0.906. The first-order chi connectivity index (χ1) is 9.65. The normalized spacial score (nSPS) is 17.2. The van der Waals surface area contributed by atoms with Gasteiger partial charge < -0.3 is 19.7 Å². The smallest absolute Gasteiger partial charge is 0.179 e. The maximum atomic E-state index is 6.38. The summed E-state index contributed by atoms with van der Waals surface area (Å²) in [6, 6.07) is 4.46. The molecule has 1 aliphatic rings. The lowest BCUT2D eigenvalue weighted by atomic mass is 10.1. The third-order valence-electron chi connectivity index (χ3n) is 3.86. The molecule has 0 unspecified atom stereocenters. The number of nitrogens with one attached hydrogen (secondary N) is 1. The summed E-state index contributed by atoms with van der Waals surface area (Å²) in [7, 11) is 5.39. The van der Waals surface area contributed by atoms with E-state index in [0.29, 0.717) is 22.6 Å². The Morgan fingerprint density at radius 1 is 1.25 bits per heavy atom. The number of rotatable bonds is 5. The molecule has 1 fully saturated rings. The minimum atomic E-state index is 0.565. The number of ether oxygens (including phenoxy) is 2. The molecule has 0 saturated carbocycles. The van der Waals surface area contributed by atoms with E-state index in [1.165, 1.54) is 12.8 Å². The Balaban J connectivity index is 1.99. The molecule has 0 spiro atoms. The van der Waals surface area contributed by atoms with Gasteiger partial charge in [0.05, 0.1) is 19.2 Å². The third-order valence-corrected chi connectivity index (χ3v) is 4.28. The van der Waals surface area contributed by atoms with Crippen molar-refractivity contribution in [2.45, 2.75) is 25.4 Å². The average Bonchev–Trinajstić information content (AvgIpc) is 2.47. The summed E-state index contributed by atoms with van der Waals surface area (Å²) < 4.78 is 10.6. The van der Waals surface area contributed by atoms with Crippen LogP contribution in [0.1, 0.15) is 18.4 Å². The molecule has 0 aliphatic carbocycles. The van der Waals surface area contributed by atoms with Crippen molar-refractivity contribution in [3.8, 4) is 11.5 Å². The number of nitrogens with zero attached hydrogens (tertiary/aromatic N) is 1. The fraction of sp³-hybridized carbons (Fsp3) is 0.600. The van der Waals surface area contributed by atoms with Crippen LogP contribution >= 0.6 is 11.6 Å². The van der Waals surface area contributed by atoms with E-state index in [1.807, 2.05) is 12.1 Å². The Labute approximate surface area is 126 Å². The van der Waals surface area contributed by atoms with Crippen molar-refractivity contribution in [3.05, 3.63) is 22.7 Å². The number of halogens is 1. The molecule has 2 rings (SSSR count). The highest BCUT2D eigenvalue weighted by Crippen LogP contribution is 2.37. The zero-order valence-electron chi connectivity index (χ0n) is 12.4. The van der Waals surface area contributed by atoms with E-state index in [4.69, 9.17) is 21.1 Å². The summed E-state index contributed by atoms with van der Waals surface area (Å²) in [5, 5.41) is 4.21. The fourth-order valence-electron chi connectivity index (χ4n) is 2.53. The summed E-state index contributed by atoms with van der Waals surface area (Å²) >= 11 is 6.38. The van der Waals surface area contributed by atoms with Crippen LogP contribution in [0.2, 0.25) is 5.02 Å². The van der Waals surface area contributed by atoms with E-state index in [-0.39, 0.29) is 0 Å². The van der Waals surface area contributed by atoms with Gasteiger partial charge in [0, 0.05) is 12.6 Å². The van der Waals surface area contributed by atoms with Gasteiger partial charge in [0.15, 0.2) is 11.5 Å². The Bertz CT molecular complexity index is 446. The highest BCUT2D eigenvalue weighted by atomic mass is 35.5. The fourth-order valence-corrected chi connectivity index (χ4v) is 2.83. The second kappa shape index (κ2) is 7.16. The second-order valence-corrected chi connectivity index (χ2v) is 5.61. The Morgan fingerprint density at radius 3 is 2.55 bits per heavy atom. The number of piperidine rings is 1. The molecule has 1 aliphatic heterocycles. The Kier molecular flexibility index (Phi) is 5.52. The topological polar surface area (TPSA) is 33.7 Å². The van der Waals surface area contributed by atoms with Crippen molar-refractivity contribution in [2.75, 3.05) is 34.4 Å². The van der Waals surface area contributed by atoms with E-state index in [0.717, 1.165) is 25.2 Å². The molecule has 1 N–H and O–H groups in total. The van der Waals surface area contributed by atoms with Crippen molar-refractivity contribution in [3.63, 3.8) is 0 Å². The molecule has 1 aromatic carbocycles. The molecular formula is C15H23ClN2O2. The van der Waals surface area contributed by atoms with Crippen LogP contribution in [0.3, 0.4) is 0 Å². The molecule has 0 radical (unpaired) electrons. The first-order valence-corrected chi connectivity index (χ1v) is 7.34. The van der Waals surface area contributed by atoms with Crippen LogP contribution < -0.4 is 14.8 Å². The lowest BCUT2D eigenvalue weighted by molar-refractivity contribution is 0.234. The van der Waals surface area contributed by atoms with Gasteiger partial charge in [-0.15, -0.1) is 0 Å². The monoisotopic (exact) mass is 298 g/mol. The molecule has 1 aromatic rings. The SMILES string of the molecule is COc1ccc(CNC2CCN(C)CC2)c(Cl)c1OC. The van der Waals surface area contributed by atoms with E-state index in [1.54, 1.807) is 14.2 Å². The summed E-state index contributed by atoms with van der Waals surface area (Å²) in [4.78, 5) is 2.36. The summed E-state index contributed by atoms with van der Waals surface area (Å²) in [5.74, 6) is 1.28. The molecule has 0 aromatic heterocycles. The summed E-state index contributed by atoms with van der Waals surface area (Å²) in [6.45, 7) is 3.06. The molecule has 20 heavy (non-hydrogen) atoms. The Hall–Kier alpha value is -0.970. The number of hydrogen-bond donors (Lipinski definition) is 1. The van der Waals surface area contributed by atoms with Crippen LogP contribution in [0.5, 0.6) is 11.5 Å². The minimum Gasteiger partial charge on any atom is -0.493 e. The van der Waals surface area contributed by atoms with Crippen molar-refractivity contribution < 1.29 is 9.47 Å². The first kappa shape index (κ1) is 15.4. The average molecular weight is 299 g/mol. The van der Waals surface area contributed by atoms with Gasteiger partial charge in [-0.25, -0.2) is 0 Å². The molecular weight excluding hydrogens is 276 g/mol. The lowest BCUT2D eigenvalue weighted by Crippen LogP contribution is -2.40. The third kappa shape index (κ3) is 3.57. The van der Waals surface area contributed by atoms with Gasteiger partial charge in [0.25, 0.3) is 0 Å². The molecule has 5 heteroatoms. The van der Waals surface area contributed by atoms with Gasteiger partial charge in [0.2, 0.25) is 0 Å². The van der Waals surface area contributed by atoms with Crippen molar-refractivity contribution >= 4 is 11.6 Å². The first-order valence-electron chi connectivity index (χ1n) is 6.97. The molecule has 0 atom stereocenters. The zero-order valence-corrected chi connectivity index (χ0v) is 13.2. The highest BCUT2D eigenvalue weighted by Gasteiger charge is 2.17. The lowest BCUT2D eigenvalue weighted by Gasteiger charge is -2.29. The van der Waals surface area contributed by atoms with Gasteiger partial charge in [-0.3, -0.25) is 0 Å². The van der Waals surface area contributed by atoms with Crippen LogP contribution in [-0.2, 0) is 6.54 Å². The molecule has 0 amide bonds. The van der Waals surface area contributed by atoms with Crippen LogP contribution in [0, 0.1) is 0 Å². The standard InChI is InChI=1S/C15H23ClN2O2/c1-18-8-6-12(7-9-18)17-10-11-4-5-13(19-2)15(20-3)14(11)16/h4-5,12,17H,6-10H2,1-3H3. The highest BCUT2D eigenvalue weighted by molar-refractivity contribution is 6.33. The van der Waals surface area contributed by atoms with Crippen LogP contribution in [0.25, 0.3) is 0 Å². The van der Waals surface area contributed by atoms with E-state index in [2.05, 4.69) is 17.3 Å². The molecule has 4 nitrogen and oxygen atoms in total. The second-order valence-electron chi connectivity index (χ2n) is 5.23. The van der Waals surface area contributed by atoms with E-state index < -0.39 is 0 Å². The van der Waals surface area contributed by atoms with E-state index in [9.17, 15) is 0 Å². The zero-order chi connectivity index (χ0) is 14.5. The number of likely N-dealkylation sites (tertiary alicyclic amines) is 1. The summed E-state index contributed by atoms with van der Waals surface area (Å²) in [5.41, 5.74) is 1.04.